The fourth-order valence-corrected chi connectivity index (χ4v) is 3.56. The van der Waals surface area contributed by atoms with Gasteiger partial charge in [0.25, 0.3) is 0 Å². The van der Waals surface area contributed by atoms with Crippen molar-refractivity contribution in [2.75, 3.05) is 13.1 Å². The predicted octanol–water partition coefficient (Wildman–Crippen LogP) is 3.42. The molecule has 1 N–H and O–H groups in total. The molecule has 3 rings (SSSR count). The molecule has 1 aromatic rings. The third-order valence-electron chi connectivity index (χ3n) is 4.72. The van der Waals surface area contributed by atoms with Crippen LogP contribution in [-0.2, 0) is 4.79 Å². The molecule has 1 aromatic heterocycles. The maximum atomic E-state index is 12.4. The van der Waals surface area contributed by atoms with Gasteiger partial charge < -0.3 is 9.47 Å². The molecule has 22 heavy (non-hydrogen) atoms. The van der Waals surface area contributed by atoms with Crippen LogP contribution in [0.5, 0.6) is 0 Å². The van der Waals surface area contributed by atoms with Crippen molar-refractivity contribution in [3.63, 3.8) is 0 Å². The van der Waals surface area contributed by atoms with Gasteiger partial charge in [0, 0.05) is 31.5 Å². The number of piperidine rings is 1. The zero-order chi connectivity index (χ0) is 15.7. The van der Waals surface area contributed by atoms with E-state index in [1.807, 2.05) is 4.90 Å². The largest absolute Gasteiger partial charge is 0.342 e. The van der Waals surface area contributed by atoms with Gasteiger partial charge in [0.2, 0.25) is 5.91 Å². The van der Waals surface area contributed by atoms with E-state index in [9.17, 15) is 4.79 Å². The Morgan fingerprint density at radius 1 is 1.41 bits per heavy atom. The van der Waals surface area contributed by atoms with E-state index < -0.39 is 0 Å². The summed E-state index contributed by atoms with van der Waals surface area (Å²) in [6, 6.07) is 0.535. The molecule has 0 spiro atoms. The molecule has 6 heteroatoms. The Morgan fingerprint density at radius 2 is 2.18 bits per heavy atom. The van der Waals surface area contributed by atoms with E-state index in [-0.39, 0.29) is 0 Å². The predicted molar refractivity (Wildman–Crippen MR) is 88.3 cm³/mol. The number of aromatic amines is 1. The molecule has 5 nitrogen and oxygen atoms in total. The number of amides is 1. The summed E-state index contributed by atoms with van der Waals surface area (Å²) in [5.74, 6) is 2.26. The van der Waals surface area contributed by atoms with Crippen LogP contribution >= 0.6 is 12.2 Å². The third-order valence-corrected chi connectivity index (χ3v) is 5.01. The number of nitrogens with one attached hydrogen (secondary N) is 1. The highest BCUT2D eigenvalue weighted by molar-refractivity contribution is 7.71. The average Bonchev–Trinajstić information content (AvgIpc) is 3.27. The van der Waals surface area contributed by atoms with E-state index in [0.717, 1.165) is 42.9 Å². The number of carbonyl (C=O) groups is 1. The van der Waals surface area contributed by atoms with Crippen molar-refractivity contribution in [2.45, 2.75) is 64.3 Å². The van der Waals surface area contributed by atoms with Crippen molar-refractivity contribution in [3.8, 4) is 0 Å². The van der Waals surface area contributed by atoms with Crippen molar-refractivity contribution in [3.05, 3.63) is 10.6 Å². The summed E-state index contributed by atoms with van der Waals surface area (Å²) in [4.78, 5) is 14.4. The second-order valence-corrected chi connectivity index (χ2v) is 7.49. The second-order valence-electron chi connectivity index (χ2n) is 7.10. The summed E-state index contributed by atoms with van der Waals surface area (Å²) in [7, 11) is 0. The lowest BCUT2D eigenvalue weighted by atomic mass is 9.96. The van der Waals surface area contributed by atoms with Crippen molar-refractivity contribution < 1.29 is 4.79 Å². The molecule has 1 aliphatic heterocycles. The highest BCUT2D eigenvalue weighted by atomic mass is 32.1. The van der Waals surface area contributed by atoms with Crippen LogP contribution in [0.15, 0.2) is 0 Å². The first kappa shape index (κ1) is 15.7. The van der Waals surface area contributed by atoms with E-state index in [1.54, 1.807) is 0 Å². The molecule has 1 aliphatic carbocycles. The van der Waals surface area contributed by atoms with Gasteiger partial charge in [-0.2, -0.15) is 5.10 Å². The monoisotopic (exact) mass is 322 g/mol. The van der Waals surface area contributed by atoms with Gasteiger partial charge in [-0.05, 0) is 50.2 Å². The van der Waals surface area contributed by atoms with Crippen molar-refractivity contribution in [1.82, 2.24) is 19.7 Å². The number of nitrogens with zero attached hydrogens (tertiary/aromatic N) is 3. The first-order chi connectivity index (χ1) is 10.6. The van der Waals surface area contributed by atoms with Crippen LogP contribution in [0.1, 0.15) is 70.2 Å². The minimum atomic E-state index is 0.297. The molecule has 2 aliphatic rings. The van der Waals surface area contributed by atoms with E-state index in [4.69, 9.17) is 12.2 Å². The quantitative estimate of drug-likeness (QED) is 0.845. The Balaban J connectivity index is 1.68. The summed E-state index contributed by atoms with van der Waals surface area (Å²) in [5, 5.41) is 7.43. The first-order valence-corrected chi connectivity index (χ1v) is 8.91. The molecule has 2 fully saturated rings. The summed E-state index contributed by atoms with van der Waals surface area (Å²) >= 11 is 5.37. The molecule has 0 radical (unpaired) electrons. The minimum Gasteiger partial charge on any atom is -0.342 e. The number of H-pyrrole nitrogens is 1. The highest BCUT2D eigenvalue weighted by Crippen LogP contribution is 2.38. The lowest BCUT2D eigenvalue weighted by Crippen LogP contribution is -2.39. The van der Waals surface area contributed by atoms with Gasteiger partial charge >= 0.3 is 0 Å². The molecule has 0 bridgehead atoms. The average molecular weight is 322 g/mol. The van der Waals surface area contributed by atoms with Crippen LogP contribution in [-0.4, -0.2) is 38.7 Å². The molecule has 0 unspecified atom stereocenters. The number of hydrogen-bond acceptors (Lipinski definition) is 3. The summed E-state index contributed by atoms with van der Waals surface area (Å²) in [5.41, 5.74) is 0. The smallest absolute Gasteiger partial charge is 0.222 e. The van der Waals surface area contributed by atoms with Gasteiger partial charge in [0.05, 0.1) is 0 Å². The zero-order valence-electron chi connectivity index (χ0n) is 13.5. The SMILES string of the molecule is CC(C)CCC(=O)N1CCC[C@@H](c2n[nH]c(=S)n2C2CC2)C1. The third kappa shape index (κ3) is 3.42. The van der Waals surface area contributed by atoms with E-state index in [2.05, 4.69) is 28.6 Å². The number of hydrogen-bond donors (Lipinski definition) is 1. The van der Waals surface area contributed by atoms with Gasteiger partial charge in [0.1, 0.15) is 5.82 Å². The molecule has 2 heterocycles. The molecule has 1 atom stereocenters. The van der Waals surface area contributed by atoms with Crippen molar-refractivity contribution >= 4 is 18.1 Å². The summed E-state index contributed by atoms with van der Waals surface area (Å²) in [6.07, 6.45) is 6.19. The molecule has 1 saturated carbocycles. The fourth-order valence-electron chi connectivity index (χ4n) is 3.28. The molecule has 1 saturated heterocycles. The Bertz CT molecular complexity index is 587. The van der Waals surface area contributed by atoms with Gasteiger partial charge in [-0.1, -0.05) is 13.8 Å². The lowest BCUT2D eigenvalue weighted by Gasteiger charge is -2.32. The van der Waals surface area contributed by atoms with Crippen LogP contribution < -0.4 is 0 Å². The number of aromatic nitrogens is 3. The fraction of sp³-hybridized carbons (Fsp3) is 0.812. The lowest BCUT2D eigenvalue weighted by molar-refractivity contribution is -0.132. The molecular weight excluding hydrogens is 296 g/mol. The summed E-state index contributed by atoms with van der Waals surface area (Å²) < 4.78 is 2.93. The molecular formula is C16H26N4OS. The number of likely N-dealkylation sites (tertiary alicyclic amines) is 1. The van der Waals surface area contributed by atoms with Gasteiger partial charge in [-0.15, -0.1) is 0 Å². The van der Waals surface area contributed by atoms with Gasteiger partial charge in [0.15, 0.2) is 4.77 Å². The second kappa shape index (κ2) is 6.52. The van der Waals surface area contributed by atoms with E-state index in [0.29, 0.717) is 30.2 Å². The minimum absolute atomic E-state index is 0.297. The van der Waals surface area contributed by atoms with E-state index in [1.165, 1.54) is 12.8 Å². The molecule has 0 aromatic carbocycles. The summed E-state index contributed by atoms with van der Waals surface area (Å²) in [6.45, 7) is 6.02. The normalized spacial score (nSPS) is 22.3. The van der Waals surface area contributed by atoms with Crippen LogP contribution in [0.3, 0.4) is 0 Å². The maximum Gasteiger partial charge on any atom is 0.222 e. The van der Waals surface area contributed by atoms with Gasteiger partial charge in [-0.25, -0.2) is 0 Å². The Labute approximate surface area is 137 Å². The topological polar surface area (TPSA) is 53.9 Å². The van der Waals surface area contributed by atoms with Crippen LogP contribution in [0, 0.1) is 10.7 Å². The molecule has 1 amide bonds. The van der Waals surface area contributed by atoms with E-state index >= 15 is 0 Å². The zero-order valence-corrected chi connectivity index (χ0v) is 14.4. The van der Waals surface area contributed by atoms with Crippen LogP contribution in [0.25, 0.3) is 0 Å². The van der Waals surface area contributed by atoms with Gasteiger partial charge in [-0.3, -0.25) is 9.89 Å². The van der Waals surface area contributed by atoms with Crippen molar-refractivity contribution in [2.24, 2.45) is 5.92 Å². The number of carbonyl (C=O) groups excluding carboxylic acids is 1. The molecule has 122 valence electrons. The van der Waals surface area contributed by atoms with Crippen LogP contribution in [0.4, 0.5) is 0 Å². The van der Waals surface area contributed by atoms with Crippen molar-refractivity contribution in [1.29, 1.82) is 0 Å². The Morgan fingerprint density at radius 3 is 2.86 bits per heavy atom. The Hall–Kier alpha value is -1.17. The first-order valence-electron chi connectivity index (χ1n) is 8.51. The van der Waals surface area contributed by atoms with Crippen LogP contribution in [0.2, 0.25) is 0 Å². The standard InChI is InChI=1S/C16H26N4OS/c1-11(2)5-8-14(21)19-9-3-4-12(10-19)15-17-18-16(22)20(15)13-6-7-13/h11-13H,3-10H2,1-2H3,(H,18,22)/t12-/m1/s1. The Kier molecular flexibility index (Phi) is 4.66. The maximum absolute atomic E-state index is 12.4. The highest BCUT2D eigenvalue weighted by Gasteiger charge is 2.33. The number of rotatable bonds is 5.